The number of para-hydroxylation sites is 1. The number of aromatic nitrogens is 2. The van der Waals surface area contributed by atoms with Crippen LogP contribution in [0.2, 0.25) is 5.02 Å². The standard InChI is InChI=1S/C14H18ClN3O/c1-2-16-9-12-5-3-4-6-14(12)19-8-7-18-11-13(15)10-17-18/h3-6,10-11,16H,2,7-9H2,1H3. The third-order valence-corrected chi connectivity index (χ3v) is 2.91. The van der Waals surface area contributed by atoms with E-state index in [1.165, 1.54) is 5.56 Å². The number of hydrogen-bond acceptors (Lipinski definition) is 3. The predicted molar refractivity (Wildman–Crippen MR) is 76.6 cm³/mol. The van der Waals surface area contributed by atoms with Crippen molar-refractivity contribution >= 4 is 11.6 Å². The van der Waals surface area contributed by atoms with E-state index in [9.17, 15) is 0 Å². The molecule has 0 bridgehead atoms. The summed E-state index contributed by atoms with van der Waals surface area (Å²) in [5.41, 5.74) is 1.17. The van der Waals surface area contributed by atoms with Crippen molar-refractivity contribution in [1.82, 2.24) is 15.1 Å². The van der Waals surface area contributed by atoms with E-state index in [4.69, 9.17) is 16.3 Å². The number of rotatable bonds is 7. The summed E-state index contributed by atoms with van der Waals surface area (Å²) in [4.78, 5) is 0. The second-order valence-corrected chi connectivity index (χ2v) is 4.59. The minimum Gasteiger partial charge on any atom is -0.491 e. The van der Waals surface area contributed by atoms with Crippen LogP contribution in [0.4, 0.5) is 0 Å². The molecule has 19 heavy (non-hydrogen) atoms. The highest BCUT2D eigenvalue weighted by molar-refractivity contribution is 6.30. The lowest BCUT2D eigenvalue weighted by atomic mass is 10.2. The van der Waals surface area contributed by atoms with E-state index in [2.05, 4.69) is 23.4 Å². The van der Waals surface area contributed by atoms with Gasteiger partial charge in [-0.3, -0.25) is 4.68 Å². The molecule has 0 saturated heterocycles. The van der Waals surface area contributed by atoms with Gasteiger partial charge in [0.25, 0.3) is 0 Å². The molecular formula is C14H18ClN3O. The van der Waals surface area contributed by atoms with Gasteiger partial charge >= 0.3 is 0 Å². The van der Waals surface area contributed by atoms with Crippen molar-refractivity contribution in [1.29, 1.82) is 0 Å². The lowest BCUT2D eigenvalue weighted by Gasteiger charge is -2.11. The second-order valence-electron chi connectivity index (χ2n) is 4.16. The van der Waals surface area contributed by atoms with Gasteiger partial charge in [0.15, 0.2) is 0 Å². The maximum atomic E-state index is 5.81. The first-order valence-corrected chi connectivity index (χ1v) is 6.76. The van der Waals surface area contributed by atoms with Crippen LogP contribution >= 0.6 is 11.6 Å². The summed E-state index contributed by atoms with van der Waals surface area (Å²) in [6.45, 7) is 5.11. The zero-order valence-corrected chi connectivity index (χ0v) is 11.7. The normalized spacial score (nSPS) is 10.6. The van der Waals surface area contributed by atoms with Crippen molar-refractivity contribution in [2.45, 2.75) is 20.0 Å². The molecule has 0 spiro atoms. The Morgan fingerprint density at radius 3 is 2.95 bits per heavy atom. The molecule has 0 saturated carbocycles. The number of halogens is 1. The highest BCUT2D eigenvalue weighted by atomic mass is 35.5. The van der Waals surface area contributed by atoms with E-state index in [0.29, 0.717) is 18.2 Å². The summed E-state index contributed by atoms with van der Waals surface area (Å²) < 4.78 is 7.58. The fourth-order valence-electron chi connectivity index (χ4n) is 1.76. The fraction of sp³-hybridized carbons (Fsp3) is 0.357. The molecule has 5 heteroatoms. The summed E-state index contributed by atoms with van der Waals surface area (Å²) in [7, 11) is 0. The van der Waals surface area contributed by atoms with Crippen LogP contribution in [-0.4, -0.2) is 22.9 Å². The Bertz CT molecular complexity index is 513. The Balaban J connectivity index is 1.88. The maximum Gasteiger partial charge on any atom is 0.123 e. The van der Waals surface area contributed by atoms with Crippen LogP contribution in [0.3, 0.4) is 0 Å². The van der Waals surface area contributed by atoms with Gasteiger partial charge in [0.1, 0.15) is 12.4 Å². The molecule has 0 fully saturated rings. The van der Waals surface area contributed by atoms with Gasteiger partial charge in [-0.25, -0.2) is 0 Å². The number of ether oxygens (including phenoxy) is 1. The van der Waals surface area contributed by atoms with Gasteiger partial charge in [0.2, 0.25) is 0 Å². The number of nitrogens with one attached hydrogen (secondary N) is 1. The molecule has 0 radical (unpaired) electrons. The first-order chi connectivity index (χ1) is 9.29. The van der Waals surface area contributed by atoms with Gasteiger partial charge in [0.05, 0.1) is 17.8 Å². The molecule has 102 valence electrons. The quantitative estimate of drug-likeness (QED) is 0.847. The molecule has 1 N–H and O–H groups in total. The molecular weight excluding hydrogens is 262 g/mol. The topological polar surface area (TPSA) is 39.1 Å². The van der Waals surface area contributed by atoms with Gasteiger partial charge in [-0.1, -0.05) is 36.7 Å². The van der Waals surface area contributed by atoms with Gasteiger partial charge < -0.3 is 10.1 Å². The molecule has 0 atom stereocenters. The highest BCUT2D eigenvalue weighted by Gasteiger charge is 2.02. The molecule has 0 aliphatic heterocycles. The van der Waals surface area contributed by atoms with Crippen LogP contribution in [0.15, 0.2) is 36.7 Å². The van der Waals surface area contributed by atoms with Gasteiger partial charge in [-0.05, 0) is 12.6 Å². The summed E-state index contributed by atoms with van der Waals surface area (Å²) in [6.07, 6.45) is 3.41. The van der Waals surface area contributed by atoms with Gasteiger partial charge in [-0.15, -0.1) is 0 Å². The molecule has 0 aliphatic rings. The van der Waals surface area contributed by atoms with E-state index in [-0.39, 0.29) is 0 Å². The lowest BCUT2D eigenvalue weighted by molar-refractivity contribution is 0.288. The monoisotopic (exact) mass is 279 g/mol. The Kier molecular flexibility index (Phi) is 5.24. The van der Waals surface area contributed by atoms with E-state index in [1.807, 2.05) is 18.2 Å². The van der Waals surface area contributed by atoms with E-state index < -0.39 is 0 Å². The Morgan fingerprint density at radius 1 is 1.37 bits per heavy atom. The van der Waals surface area contributed by atoms with Crippen molar-refractivity contribution in [2.75, 3.05) is 13.2 Å². The van der Waals surface area contributed by atoms with E-state index in [1.54, 1.807) is 17.1 Å². The van der Waals surface area contributed by atoms with Crippen LogP contribution in [-0.2, 0) is 13.1 Å². The van der Waals surface area contributed by atoms with Gasteiger partial charge in [-0.2, -0.15) is 5.10 Å². The van der Waals surface area contributed by atoms with Gasteiger partial charge in [0, 0.05) is 18.3 Å². The first-order valence-electron chi connectivity index (χ1n) is 6.39. The first kappa shape index (κ1) is 13.9. The average Bonchev–Trinajstić information content (AvgIpc) is 2.83. The van der Waals surface area contributed by atoms with E-state index in [0.717, 1.165) is 18.8 Å². The van der Waals surface area contributed by atoms with Crippen LogP contribution < -0.4 is 10.1 Å². The number of benzene rings is 1. The number of nitrogens with zero attached hydrogens (tertiary/aromatic N) is 2. The molecule has 2 rings (SSSR count). The molecule has 0 unspecified atom stereocenters. The van der Waals surface area contributed by atoms with Crippen molar-refractivity contribution < 1.29 is 4.74 Å². The van der Waals surface area contributed by atoms with Crippen molar-refractivity contribution in [3.05, 3.63) is 47.2 Å². The minimum atomic E-state index is 0.571. The molecule has 2 aromatic rings. The van der Waals surface area contributed by atoms with Crippen molar-refractivity contribution in [3.63, 3.8) is 0 Å². The molecule has 1 heterocycles. The minimum absolute atomic E-state index is 0.571. The summed E-state index contributed by atoms with van der Waals surface area (Å²) >= 11 is 5.81. The zero-order chi connectivity index (χ0) is 13.5. The Morgan fingerprint density at radius 2 is 2.21 bits per heavy atom. The Hall–Kier alpha value is -1.52. The molecule has 1 aromatic carbocycles. The SMILES string of the molecule is CCNCc1ccccc1OCCn1cc(Cl)cn1. The van der Waals surface area contributed by atoms with Crippen LogP contribution in [0.25, 0.3) is 0 Å². The maximum absolute atomic E-state index is 5.81. The Labute approximate surface area is 118 Å². The highest BCUT2D eigenvalue weighted by Crippen LogP contribution is 2.17. The fourth-order valence-corrected chi connectivity index (χ4v) is 1.92. The molecule has 4 nitrogen and oxygen atoms in total. The molecule has 0 aliphatic carbocycles. The summed E-state index contributed by atoms with van der Waals surface area (Å²) in [6, 6.07) is 8.06. The molecule has 1 aromatic heterocycles. The summed E-state index contributed by atoms with van der Waals surface area (Å²) in [5.74, 6) is 0.918. The summed E-state index contributed by atoms with van der Waals surface area (Å²) in [5, 5.41) is 8.06. The van der Waals surface area contributed by atoms with Crippen LogP contribution in [0.1, 0.15) is 12.5 Å². The zero-order valence-electron chi connectivity index (χ0n) is 11.0. The van der Waals surface area contributed by atoms with Crippen molar-refractivity contribution in [3.8, 4) is 5.75 Å². The third-order valence-electron chi connectivity index (χ3n) is 2.72. The number of hydrogen-bond donors (Lipinski definition) is 1. The van der Waals surface area contributed by atoms with E-state index >= 15 is 0 Å². The largest absolute Gasteiger partial charge is 0.491 e. The predicted octanol–water partition coefficient (Wildman–Crippen LogP) is 2.73. The average molecular weight is 280 g/mol. The lowest BCUT2D eigenvalue weighted by Crippen LogP contribution is -2.14. The third kappa shape index (κ3) is 4.26. The van der Waals surface area contributed by atoms with Crippen molar-refractivity contribution in [2.24, 2.45) is 0 Å². The smallest absolute Gasteiger partial charge is 0.123 e. The molecule has 0 amide bonds. The van der Waals surface area contributed by atoms with Crippen LogP contribution in [0.5, 0.6) is 5.75 Å². The van der Waals surface area contributed by atoms with Crippen LogP contribution in [0, 0.1) is 0 Å². The second kappa shape index (κ2) is 7.16.